The van der Waals surface area contributed by atoms with Crippen molar-refractivity contribution in [2.45, 2.75) is 45.7 Å². The fourth-order valence-corrected chi connectivity index (χ4v) is 4.97. The number of aromatic amines is 1. The average molecular weight is 499 g/mol. The van der Waals surface area contributed by atoms with E-state index in [0.717, 1.165) is 41.4 Å². The molecule has 2 aromatic carbocycles. The van der Waals surface area contributed by atoms with Crippen molar-refractivity contribution in [2.24, 2.45) is 0 Å². The quantitative estimate of drug-likeness (QED) is 0.123. The van der Waals surface area contributed by atoms with Gasteiger partial charge in [0.05, 0.1) is 31.0 Å². The number of likely N-dealkylation sites (tertiary alicyclic amines) is 1. The Hall–Kier alpha value is -4.26. The molecule has 0 spiro atoms. The number of hydrogen-bond acceptors (Lipinski definition) is 5. The van der Waals surface area contributed by atoms with E-state index in [9.17, 15) is 14.7 Å². The second-order valence-corrected chi connectivity index (χ2v) is 9.30. The first-order valence-electron chi connectivity index (χ1n) is 12.6. The van der Waals surface area contributed by atoms with Gasteiger partial charge in [-0.25, -0.2) is 0 Å². The summed E-state index contributed by atoms with van der Waals surface area (Å²) < 4.78 is 11.3. The number of carbonyl (C=O) groups is 2. The molecule has 0 radical (unpaired) electrons. The molecular formula is C30H30N2O5. The number of nitrogens with one attached hydrogen (secondary N) is 1. The highest BCUT2D eigenvalue weighted by Gasteiger charge is 2.47. The van der Waals surface area contributed by atoms with Crippen LogP contribution in [0.3, 0.4) is 0 Å². The molecule has 0 saturated carbocycles. The Bertz CT molecular complexity index is 1450. The molecule has 1 atom stereocenters. The van der Waals surface area contributed by atoms with Crippen molar-refractivity contribution in [3.8, 4) is 5.75 Å². The second kappa shape index (κ2) is 10.4. The predicted molar refractivity (Wildman–Crippen MR) is 141 cm³/mol. The molecule has 0 aliphatic carbocycles. The van der Waals surface area contributed by atoms with E-state index in [2.05, 4.69) is 11.9 Å². The largest absolute Gasteiger partial charge is 0.507 e. The summed E-state index contributed by atoms with van der Waals surface area (Å²) in [7, 11) is 0. The number of rotatable bonds is 9. The summed E-state index contributed by atoms with van der Waals surface area (Å²) in [5.41, 5.74) is 2.99. The van der Waals surface area contributed by atoms with Gasteiger partial charge in [-0.15, -0.1) is 0 Å². The van der Waals surface area contributed by atoms with Crippen LogP contribution < -0.4 is 4.74 Å². The number of hydrogen-bond donors (Lipinski definition) is 2. The summed E-state index contributed by atoms with van der Waals surface area (Å²) in [5.74, 6) is -0.376. The Balaban J connectivity index is 1.58. The maximum Gasteiger partial charge on any atom is 0.296 e. The van der Waals surface area contributed by atoms with Gasteiger partial charge >= 0.3 is 0 Å². The van der Waals surface area contributed by atoms with E-state index in [1.54, 1.807) is 36.4 Å². The molecule has 0 bridgehead atoms. The number of benzene rings is 2. The number of aromatic nitrogens is 1. The summed E-state index contributed by atoms with van der Waals surface area (Å²) in [6, 6.07) is 17.4. The van der Waals surface area contributed by atoms with Crippen LogP contribution in [0, 0.1) is 6.92 Å². The zero-order valence-electron chi connectivity index (χ0n) is 21.0. The number of nitrogens with zero attached hydrogens (tertiary/aromatic N) is 1. The van der Waals surface area contributed by atoms with Crippen molar-refractivity contribution in [2.75, 3.05) is 6.61 Å². The number of ketones is 1. The number of aliphatic hydroxyl groups is 1. The third-order valence-electron chi connectivity index (χ3n) is 6.81. The highest BCUT2D eigenvalue weighted by atomic mass is 16.5. The van der Waals surface area contributed by atoms with Gasteiger partial charge in [0, 0.05) is 27.7 Å². The predicted octanol–water partition coefficient (Wildman–Crippen LogP) is 6.26. The zero-order chi connectivity index (χ0) is 25.9. The maximum atomic E-state index is 13.4. The van der Waals surface area contributed by atoms with Gasteiger partial charge in [-0.3, -0.25) is 9.59 Å². The molecule has 2 N–H and O–H groups in total. The Labute approximate surface area is 215 Å². The molecule has 1 fully saturated rings. The fourth-order valence-electron chi connectivity index (χ4n) is 4.97. The number of aryl methyl sites for hydroxylation is 1. The highest BCUT2D eigenvalue weighted by molar-refractivity contribution is 6.46. The third-order valence-corrected chi connectivity index (χ3v) is 6.81. The van der Waals surface area contributed by atoms with Gasteiger partial charge in [0.15, 0.2) is 0 Å². The van der Waals surface area contributed by atoms with Crippen LogP contribution in [-0.2, 0) is 16.1 Å². The smallest absolute Gasteiger partial charge is 0.296 e. The molecule has 7 heteroatoms. The number of carbonyl (C=O) groups excluding carboxylic acids is 2. The van der Waals surface area contributed by atoms with Gasteiger partial charge in [-0.05, 0) is 55.8 Å². The first-order valence-corrected chi connectivity index (χ1v) is 12.6. The van der Waals surface area contributed by atoms with Crippen molar-refractivity contribution >= 4 is 28.4 Å². The van der Waals surface area contributed by atoms with Gasteiger partial charge in [0.1, 0.15) is 17.3 Å². The number of unbranched alkanes of at least 4 members (excludes halogenated alkanes) is 2. The summed E-state index contributed by atoms with van der Waals surface area (Å²) >= 11 is 0. The molecule has 1 saturated heterocycles. The van der Waals surface area contributed by atoms with E-state index in [-0.39, 0.29) is 17.9 Å². The highest BCUT2D eigenvalue weighted by Crippen LogP contribution is 2.44. The summed E-state index contributed by atoms with van der Waals surface area (Å²) in [6.07, 6.45) is 4.72. The number of furan rings is 1. The number of amides is 1. The van der Waals surface area contributed by atoms with Gasteiger partial charge in [0.2, 0.25) is 0 Å². The van der Waals surface area contributed by atoms with Crippen LogP contribution in [0.25, 0.3) is 16.7 Å². The van der Waals surface area contributed by atoms with Gasteiger partial charge in [-0.2, -0.15) is 0 Å². The van der Waals surface area contributed by atoms with Crippen molar-refractivity contribution < 1.29 is 23.8 Å². The monoisotopic (exact) mass is 498 g/mol. The van der Waals surface area contributed by atoms with E-state index >= 15 is 0 Å². The molecule has 37 heavy (non-hydrogen) atoms. The van der Waals surface area contributed by atoms with Crippen LogP contribution in [0.1, 0.15) is 54.8 Å². The SMILES string of the molecule is CCCCCOc1ccc(/C(O)=C2\C(=O)C(=O)N(Cc3ccco3)C2c2c(C)[nH]c3ccccc23)cc1. The lowest BCUT2D eigenvalue weighted by Gasteiger charge is -2.25. The number of para-hydroxylation sites is 1. The molecule has 1 unspecified atom stereocenters. The van der Waals surface area contributed by atoms with Crippen LogP contribution >= 0.6 is 0 Å². The lowest BCUT2D eigenvalue weighted by atomic mass is 9.93. The number of fused-ring (bicyclic) bond motifs is 1. The molecular weight excluding hydrogens is 468 g/mol. The maximum absolute atomic E-state index is 13.4. The molecule has 7 nitrogen and oxygen atoms in total. The van der Waals surface area contributed by atoms with Crippen LogP contribution in [0.4, 0.5) is 0 Å². The first-order chi connectivity index (χ1) is 18.0. The molecule has 3 heterocycles. The average Bonchev–Trinajstić information content (AvgIpc) is 3.60. The van der Waals surface area contributed by atoms with E-state index in [1.807, 2.05) is 31.2 Å². The zero-order valence-corrected chi connectivity index (χ0v) is 21.0. The molecule has 1 amide bonds. The Morgan fingerprint density at radius 3 is 2.57 bits per heavy atom. The number of H-pyrrole nitrogens is 1. The van der Waals surface area contributed by atoms with Crippen LogP contribution in [0.15, 0.2) is 76.9 Å². The summed E-state index contributed by atoms with van der Waals surface area (Å²) in [6.45, 7) is 4.77. The molecule has 190 valence electrons. The fraction of sp³-hybridized carbons (Fsp3) is 0.267. The standard InChI is InChI=1S/C30H30N2O5/c1-3-4-7-16-36-21-14-12-20(13-15-21)28(33)26-27(25-19(2)31-24-11-6-5-10-23(24)25)32(30(35)29(26)34)18-22-9-8-17-37-22/h5-6,8-15,17,27,31,33H,3-4,7,16,18H2,1-2H3/b28-26+. The van der Waals surface area contributed by atoms with E-state index < -0.39 is 17.7 Å². The molecule has 1 aliphatic rings. The summed E-state index contributed by atoms with van der Waals surface area (Å²) in [4.78, 5) is 31.6. The van der Waals surface area contributed by atoms with Crippen LogP contribution in [0.5, 0.6) is 5.75 Å². The van der Waals surface area contributed by atoms with E-state index in [1.165, 1.54) is 11.2 Å². The first kappa shape index (κ1) is 24.4. The number of aliphatic hydroxyl groups excluding tert-OH is 1. The van der Waals surface area contributed by atoms with E-state index in [4.69, 9.17) is 9.15 Å². The van der Waals surface area contributed by atoms with Crippen molar-refractivity contribution in [3.63, 3.8) is 0 Å². The minimum Gasteiger partial charge on any atom is -0.507 e. The minimum absolute atomic E-state index is 0.0565. The number of Topliss-reactive ketones (excluding diaryl/α,β-unsaturated/α-hetero) is 1. The van der Waals surface area contributed by atoms with Gasteiger partial charge in [-0.1, -0.05) is 38.0 Å². The van der Waals surface area contributed by atoms with Crippen molar-refractivity contribution in [3.05, 3.63) is 95.1 Å². The topological polar surface area (TPSA) is 95.8 Å². The summed E-state index contributed by atoms with van der Waals surface area (Å²) in [5, 5.41) is 12.3. The Morgan fingerprint density at radius 1 is 1.05 bits per heavy atom. The minimum atomic E-state index is -0.786. The molecule has 5 rings (SSSR count). The number of ether oxygens (including phenoxy) is 1. The lowest BCUT2D eigenvalue weighted by molar-refractivity contribution is -0.140. The third kappa shape index (κ3) is 4.65. The van der Waals surface area contributed by atoms with Gasteiger partial charge in [0.25, 0.3) is 11.7 Å². The van der Waals surface area contributed by atoms with Crippen LogP contribution in [-0.4, -0.2) is 33.3 Å². The Kier molecular flexibility index (Phi) is 6.86. The van der Waals surface area contributed by atoms with Crippen LogP contribution in [0.2, 0.25) is 0 Å². The molecule has 4 aromatic rings. The van der Waals surface area contributed by atoms with Crippen molar-refractivity contribution in [1.82, 2.24) is 9.88 Å². The second-order valence-electron chi connectivity index (χ2n) is 9.30. The van der Waals surface area contributed by atoms with Crippen molar-refractivity contribution in [1.29, 1.82) is 0 Å². The normalized spacial score (nSPS) is 17.1. The molecule has 1 aliphatic heterocycles. The molecule has 2 aromatic heterocycles. The van der Waals surface area contributed by atoms with Gasteiger partial charge < -0.3 is 24.1 Å². The van der Waals surface area contributed by atoms with E-state index in [0.29, 0.717) is 23.7 Å². The lowest BCUT2D eigenvalue weighted by Crippen LogP contribution is -2.29. The Morgan fingerprint density at radius 2 is 1.84 bits per heavy atom.